The van der Waals surface area contributed by atoms with Gasteiger partial charge in [0.2, 0.25) is 0 Å². The maximum Gasteiger partial charge on any atom is 0.0241 e. The fourth-order valence-corrected chi connectivity index (χ4v) is 2.02. The lowest BCUT2D eigenvalue weighted by Gasteiger charge is -2.10. The molecule has 2 radical (unpaired) electrons. The molecule has 0 N–H and O–H groups in total. The summed E-state index contributed by atoms with van der Waals surface area (Å²) < 4.78 is 0. The Hall–Kier alpha value is -1.31. The van der Waals surface area contributed by atoms with Gasteiger partial charge in [-0.3, -0.25) is 0 Å². The van der Waals surface area contributed by atoms with E-state index in [2.05, 4.69) is 18.4 Å². The van der Waals surface area contributed by atoms with E-state index in [0.717, 1.165) is 17.6 Å². The minimum atomic E-state index is 0.228. The fraction of sp³-hybridized carbons (Fsp3) is 0.182. The van der Waals surface area contributed by atoms with Crippen LogP contribution in [0.15, 0.2) is 23.3 Å². The van der Waals surface area contributed by atoms with Gasteiger partial charge in [-0.2, -0.15) is 0 Å². The molecule has 0 fully saturated rings. The summed E-state index contributed by atoms with van der Waals surface area (Å²) in [5.41, 5.74) is 1.80. The summed E-state index contributed by atoms with van der Waals surface area (Å²) in [5.74, 6) is 4.79. The topological polar surface area (TPSA) is 0 Å². The Bertz CT molecular complexity index is 353. The molecule has 0 unspecified atom stereocenters. The highest BCUT2D eigenvalue weighted by atomic mass is 28.2. The summed E-state index contributed by atoms with van der Waals surface area (Å²) in [7, 11) is 0.228. The van der Waals surface area contributed by atoms with E-state index in [-0.39, 0.29) is 9.13 Å². The average Bonchev–Trinajstić information content (AvgIpc) is 2.16. The van der Waals surface area contributed by atoms with Crippen LogP contribution in [-0.2, 0) is 0 Å². The number of allylic oxidation sites excluding steroid dienone is 4. The van der Waals surface area contributed by atoms with Gasteiger partial charge >= 0.3 is 0 Å². The van der Waals surface area contributed by atoms with Crippen molar-refractivity contribution in [3.05, 3.63) is 36.1 Å². The van der Waals surface area contributed by atoms with Gasteiger partial charge in [0.15, 0.2) is 0 Å². The van der Waals surface area contributed by atoms with E-state index in [0.29, 0.717) is 0 Å². The maximum atomic E-state index is 7.03. The first-order valence-corrected chi connectivity index (χ1v) is 5.47. The second-order valence-electron chi connectivity index (χ2n) is 2.51. The normalized spacial score (nSPS) is 19.1. The third-order valence-corrected chi connectivity index (χ3v) is 3.03. The Morgan fingerprint density at radius 2 is 2.08 bits per heavy atom. The molecule has 0 aromatic heterocycles. The van der Waals surface area contributed by atoms with Crippen LogP contribution in [0.25, 0.3) is 0 Å². The van der Waals surface area contributed by atoms with Gasteiger partial charge in [0, 0.05) is 17.6 Å². The van der Waals surface area contributed by atoms with Gasteiger partial charge in [-0.25, -0.2) is 0 Å². The molecule has 1 heteroatoms. The van der Waals surface area contributed by atoms with Crippen LogP contribution in [0.3, 0.4) is 0 Å². The lowest BCUT2D eigenvalue weighted by molar-refractivity contribution is 1.38. The van der Waals surface area contributed by atoms with Gasteiger partial charge in [0.1, 0.15) is 0 Å². The van der Waals surface area contributed by atoms with E-state index in [1.165, 1.54) is 5.17 Å². The zero-order valence-corrected chi connectivity index (χ0v) is 8.09. The van der Waals surface area contributed by atoms with Crippen LogP contribution >= 0.6 is 0 Å². The van der Waals surface area contributed by atoms with Crippen molar-refractivity contribution < 1.29 is 0 Å². The van der Waals surface area contributed by atoms with Crippen molar-refractivity contribution in [2.45, 2.75) is 13.0 Å². The molecule has 56 valence electrons. The minimum absolute atomic E-state index is 0.228. The van der Waals surface area contributed by atoms with Gasteiger partial charge in [0.25, 0.3) is 0 Å². The van der Waals surface area contributed by atoms with Gasteiger partial charge in [-0.05, 0) is 34.1 Å². The second kappa shape index (κ2) is 3.90. The molecule has 1 rings (SSSR count). The third kappa shape index (κ3) is 1.64. The zero-order chi connectivity index (χ0) is 8.97. The number of rotatable bonds is 0. The summed E-state index contributed by atoms with van der Waals surface area (Å²) in [6.45, 7) is 2.13. The van der Waals surface area contributed by atoms with E-state index < -0.39 is 0 Å². The van der Waals surface area contributed by atoms with Crippen molar-refractivity contribution in [2.75, 3.05) is 0 Å². The molecule has 1 aliphatic rings. The standard InChI is InChI=1S/C11H8Si/c1-4-9-6-7-10(5-2)11(8-9)12-3/h6-7,12H,8H2,3H3. The highest BCUT2D eigenvalue weighted by Crippen LogP contribution is 2.13. The summed E-state index contributed by atoms with van der Waals surface area (Å²) in [6, 6.07) is 0. The molecule has 12 heavy (non-hydrogen) atoms. The van der Waals surface area contributed by atoms with Crippen LogP contribution in [0.5, 0.6) is 0 Å². The highest BCUT2D eigenvalue weighted by molar-refractivity contribution is 6.58. The van der Waals surface area contributed by atoms with E-state index in [4.69, 9.17) is 12.8 Å². The largest absolute Gasteiger partial charge is 0.0586 e. The SMILES string of the molecule is [C]#CC1=CC=C(C#[C])C(=[SiH]C)C1. The van der Waals surface area contributed by atoms with Crippen LogP contribution in [0.1, 0.15) is 6.42 Å². The molecule has 0 saturated carbocycles. The lowest BCUT2D eigenvalue weighted by Crippen LogP contribution is -2.09. The van der Waals surface area contributed by atoms with Gasteiger partial charge in [-0.1, -0.05) is 23.6 Å². The monoisotopic (exact) mass is 168 g/mol. The fourth-order valence-electron chi connectivity index (χ4n) is 1.12. The molecule has 0 heterocycles. The average molecular weight is 168 g/mol. The first-order valence-electron chi connectivity index (χ1n) is 3.73. The molecule has 0 aromatic rings. The Balaban J connectivity index is 3.05. The lowest BCUT2D eigenvalue weighted by atomic mass is 9.99. The number of hydrogen-bond donors (Lipinski definition) is 0. The summed E-state index contributed by atoms with van der Waals surface area (Å²) >= 11 is 0. The first kappa shape index (κ1) is 8.78. The molecule has 0 aromatic carbocycles. The van der Waals surface area contributed by atoms with Crippen molar-refractivity contribution in [3.8, 4) is 11.8 Å². The molecule has 0 spiro atoms. The molecule has 0 nitrogen and oxygen atoms in total. The summed E-state index contributed by atoms with van der Waals surface area (Å²) in [6.07, 6.45) is 18.5. The van der Waals surface area contributed by atoms with E-state index >= 15 is 0 Å². The van der Waals surface area contributed by atoms with E-state index in [9.17, 15) is 0 Å². The van der Waals surface area contributed by atoms with E-state index in [1.807, 2.05) is 12.2 Å². The first-order chi connectivity index (χ1) is 5.81. The molecule has 1 aliphatic carbocycles. The second-order valence-corrected chi connectivity index (χ2v) is 3.79. The molecular weight excluding hydrogens is 160 g/mol. The van der Waals surface area contributed by atoms with Crippen LogP contribution in [0.2, 0.25) is 6.55 Å². The Morgan fingerprint density at radius 3 is 2.58 bits per heavy atom. The molecule has 0 bridgehead atoms. The third-order valence-electron chi connectivity index (χ3n) is 1.82. The van der Waals surface area contributed by atoms with Crippen molar-refractivity contribution in [1.29, 1.82) is 0 Å². The van der Waals surface area contributed by atoms with Crippen molar-refractivity contribution in [3.63, 3.8) is 0 Å². The van der Waals surface area contributed by atoms with Gasteiger partial charge in [0.05, 0.1) is 0 Å². The Labute approximate surface area is 75.8 Å². The number of hydrogen-bond acceptors (Lipinski definition) is 0. The predicted molar refractivity (Wildman–Crippen MR) is 53.1 cm³/mol. The molecule has 0 atom stereocenters. The van der Waals surface area contributed by atoms with Crippen LogP contribution < -0.4 is 0 Å². The van der Waals surface area contributed by atoms with Crippen LogP contribution in [0, 0.1) is 24.7 Å². The van der Waals surface area contributed by atoms with Crippen LogP contribution in [0.4, 0.5) is 0 Å². The highest BCUT2D eigenvalue weighted by Gasteiger charge is 2.07. The quantitative estimate of drug-likeness (QED) is 0.375. The molecular formula is C11H8Si. The van der Waals surface area contributed by atoms with Crippen molar-refractivity contribution in [2.24, 2.45) is 0 Å². The smallest absolute Gasteiger partial charge is 0.0241 e. The van der Waals surface area contributed by atoms with E-state index in [1.54, 1.807) is 0 Å². The van der Waals surface area contributed by atoms with Gasteiger partial charge < -0.3 is 0 Å². The molecule has 0 amide bonds. The van der Waals surface area contributed by atoms with Crippen LogP contribution in [-0.4, -0.2) is 14.3 Å². The summed E-state index contributed by atoms with van der Waals surface area (Å²) in [5, 5.41) is 1.25. The Morgan fingerprint density at radius 1 is 1.33 bits per heavy atom. The van der Waals surface area contributed by atoms with Gasteiger partial charge in [-0.15, -0.1) is 0 Å². The molecule has 0 saturated heterocycles. The molecule has 0 aliphatic heterocycles. The Kier molecular flexibility index (Phi) is 2.86. The maximum absolute atomic E-state index is 7.03. The minimum Gasteiger partial charge on any atom is -0.0586 e. The summed E-state index contributed by atoms with van der Waals surface area (Å²) in [4.78, 5) is 0. The van der Waals surface area contributed by atoms with Crippen molar-refractivity contribution in [1.82, 2.24) is 0 Å². The van der Waals surface area contributed by atoms with Crippen molar-refractivity contribution >= 4 is 14.3 Å². The predicted octanol–water partition coefficient (Wildman–Crippen LogP) is 1.08. The zero-order valence-electron chi connectivity index (χ0n) is 6.94.